The van der Waals surface area contributed by atoms with Crippen molar-refractivity contribution in [2.45, 2.75) is 32.6 Å². The fourth-order valence-electron chi connectivity index (χ4n) is 2.08. The van der Waals surface area contributed by atoms with E-state index in [-0.39, 0.29) is 6.42 Å². The zero-order chi connectivity index (χ0) is 12.3. The van der Waals surface area contributed by atoms with Crippen molar-refractivity contribution in [2.75, 3.05) is 0 Å². The van der Waals surface area contributed by atoms with Crippen molar-refractivity contribution in [3.05, 3.63) is 35.5 Å². The molecule has 90 valence electrons. The summed E-state index contributed by atoms with van der Waals surface area (Å²) in [6.45, 7) is 2.14. The van der Waals surface area contributed by atoms with Gasteiger partial charge in [-0.05, 0) is 42.5 Å². The summed E-state index contributed by atoms with van der Waals surface area (Å²) in [4.78, 5) is 13.7. The van der Waals surface area contributed by atoms with Crippen molar-refractivity contribution in [2.24, 2.45) is 0 Å². The third-order valence-electron chi connectivity index (χ3n) is 3.08. The summed E-state index contributed by atoms with van der Waals surface area (Å²) < 4.78 is 0. The molecule has 2 rings (SSSR count). The Morgan fingerprint density at radius 3 is 2.94 bits per heavy atom. The van der Waals surface area contributed by atoms with Crippen LogP contribution in [0.5, 0.6) is 0 Å². The van der Waals surface area contributed by atoms with Crippen LogP contribution < -0.4 is 0 Å². The molecular weight excluding hydrogens is 214 g/mol. The van der Waals surface area contributed by atoms with Crippen molar-refractivity contribution in [3.8, 4) is 0 Å². The monoisotopic (exact) mass is 231 g/mol. The maximum atomic E-state index is 10.5. The number of rotatable bonds is 5. The number of carboxylic acid groups (broad SMARTS) is 1. The number of carbonyl (C=O) groups is 1. The maximum Gasteiger partial charge on any atom is 0.303 e. The van der Waals surface area contributed by atoms with Gasteiger partial charge in [0.2, 0.25) is 0 Å². The van der Waals surface area contributed by atoms with Crippen LogP contribution in [0, 0.1) is 0 Å². The van der Waals surface area contributed by atoms with Crippen molar-refractivity contribution in [1.82, 2.24) is 4.98 Å². The summed E-state index contributed by atoms with van der Waals surface area (Å²) in [5, 5.41) is 9.86. The van der Waals surface area contributed by atoms with Crippen LogP contribution in [-0.4, -0.2) is 16.1 Å². The first kappa shape index (κ1) is 11.7. The highest BCUT2D eigenvalue weighted by atomic mass is 16.4. The van der Waals surface area contributed by atoms with Gasteiger partial charge in [-0.25, -0.2) is 0 Å². The molecule has 0 aliphatic carbocycles. The van der Waals surface area contributed by atoms with E-state index in [2.05, 4.69) is 30.1 Å². The van der Waals surface area contributed by atoms with E-state index < -0.39 is 5.97 Å². The van der Waals surface area contributed by atoms with Crippen LogP contribution in [0.2, 0.25) is 0 Å². The van der Waals surface area contributed by atoms with Crippen molar-refractivity contribution in [3.63, 3.8) is 0 Å². The minimum Gasteiger partial charge on any atom is -0.481 e. The summed E-state index contributed by atoms with van der Waals surface area (Å²) in [7, 11) is 0. The maximum absolute atomic E-state index is 10.5. The Morgan fingerprint density at radius 2 is 2.24 bits per heavy atom. The first-order valence-corrected chi connectivity index (χ1v) is 6.01. The number of hydrogen-bond donors (Lipinski definition) is 2. The van der Waals surface area contributed by atoms with E-state index in [4.69, 9.17) is 5.11 Å². The lowest BCUT2D eigenvalue weighted by Crippen LogP contribution is -1.95. The van der Waals surface area contributed by atoms with Crippen LogP contribution in [0.15, 0.2) is 24.4 Å². The highest BCUT2D eigenvalue weighted by molar-refractivity contribution is 5.84. The average Bonchev–Trinajstić information content (AvgIpc) is 2.71. The lowest BCUT2D eigenvalue weighted by molar-refractivity contribution is -0.137. The molecule has 2 aromatic rings. The number of carboxylic acids is 1. The Morgan fingerprint density at radius 1 is 1.41 bits per heavy atom. The van der Waals surface area contributed by atoms with Gasteiger partial charge in [-0.15, -0.1) is 0 Å². The first-order valence-electron chi connectivity index (χ1n) is 6.01. The largest absolute Gasteiger partial charge is 0.481 e. The Labute approximate surface area is 100 Å². The number of benzene rings is 1. The topological polar surface area (TPSA) is 53.1 Å². The molecule has 1 aromatic carbocycles. The summed E-state index contributed by atoms with van der Waals surface area (Å²) in [6, 6.07) is 6.41. The molecule has 0 aliphatic heterocycles. The van der Waals surface area contributed by atoms with Crippen molar-refractivity contribution < 1.29 is 9.90 Å². The first-order chi connectivity index (χ1) is 8.20. The molecule has 0 aliphatic rings. The summed E-state index contributed by atoms with van der Waals surface area (Å²) in [5.41, 5.74) is 3.67. The number of fused-ring (bicyclic) bond motifs is 1. The van der Waals surface area contributed by atoms with Crippen molar-refractivity contribution in [1.29, 1.82) is 0 Å². The molecule has 2 N–H and O–H groups in total. The minimum absolute atomic E-state index is 0.236. The molecule has 0 amide bonds. The van der Waals surface area contributed by atoms with Crippen molar-refractivity contribution >= 4 is 16.9 Å². The zero-order valence-electron chi connectivity index (χ0n) is 9.99. The average molecular weight is 231 g/mol. The van der Waals surface area contributed by atoms with Gasteiger partial charge in [0, 0.05) is 23.5 Å². The predicted octanol–water partition coefficient (Wildman–Crippen LogP) is 3.14. The van der Waals surface area contributed by atoms with E-state index in [1.807, 2.05) is 6.20 Å². The molecule has 3 nitrogen and oxygen atoms in total. The van der Waals surface area contributed by atoms with Crippen LogP contribution in [0.4, 0.5) is 0 Å². The van der Waals surface area contributed by atoms with E-state index in [1.54, 1.807) is 0 Å². The van der Waals surface area contributed by atoms with Gasteiger partial charge < -0.3 is 10.1 Å². The van der Waals surface area contributed by atoms with E-state index in [9.17, 15) is 4.79 Å². The van der Waals surface area contributed by atoms with Gasteiger partial charge in [-0.1, -0.05) is 13.0 Å². The van der Waals surface area contributed by atoms with E-state index in [1.165, 1.54) is 16.5 Å². The van der Waals surface area contributed by atoms with E-state index >= 15 is 0 Å². The van der Waals surface area contributed by atoms with Gasteiger partial charge >= 0.3 is 5.97 Å². The standard InChI is InChI=1S/C14H17NO2/c1-2-10-6-7-13-12(8-10)11(9-15-13)4-3-5-14(16)17/h6-9,15H,2-5H2,1H3,(H,16,17). The number of H-pyrrole nitrogens is 1. The lowest BCUT2D eigenvalue weighted by Gasteiger charge is -2.00. The Hall–Kier alpha value is -1.77. The molecule has 0 bridgehead atoms. The molecule has 0 unspecified atom stereocenters. The molecule has 0 saturated carbocycles. The molecule has 1 heterocycles. The second-order valence-corrected chi connectivity index (χ2v) is 4.29. The van der Waals surface area contributed by atoms with Crippen LogP contribution in [0.25, 0.3) is 10.9 Å². The van der Waals surface area contributed by atoms with Gasteiger partial charge in [-0.2, -0.15) is 0 Å². The molecule has 0 spiro atoms. The van der Waals surface area contributed by atoms with E-state index in [0.717, 1.165) is 18.4 Å². The number of nitrogens with one attached hydrogen (secondary N) is 1. The number of aromatic amines is 1. The van der Waals surface area contributed by atoms with Crippen LogP contribution >= 0.6 is 0 Å². The highest BCUT2D eigenvalue weighted by Gasteiger charge is 2.05. The third-order valence-corrected chi connectivity index (χ3v) is 3.08. The molecule has 1 aromatic heterocycles. The second kappa shape index (κ2) is 5.04. The summed E-state index contributed by atoms with van der Waals surface area (Å²) in [5.74, 6) is -0.723. The fraction of sp³-hybridized carbons (Fsp3) is 0.357. The van der Waals surface area contributed by atoms with Crippen LogP contribution in [-0.2, 0) is 17.6 Å². The van der Waals surface area contributed by atoms with Gasteiger partial charge in [0.1, 0.15) is 0 Å². The minimum atomic E-state index is -0.723. The summed E-state index contributed by atoms with van der Waals surface area (Å²) >= 11 is 0. The van der Waals surface area contributed by atoms with Gasteiger partial charge in [0.15, 0.2) is 0 Å². The zero-order valence-corrected chi connectivity index (χ0v) is 9.99. The van der Waals surface area contributed by atoms with Crippen LogP contribution in [0.1, 0.15) is 30.9 Å². The number of aryl methyl sites for hydroxylation is 2. The normalized spacial score (nSPS) is 10.9. The number of aromatic nitrogens is 1. The number of aliphatic carboxylic acids is 1. The Balaban J connectivity index is 2.19. The number of hydrogen-bond acceptors (Lipinski definition) is 1. The SMILES string of the molecule is CCc1ccc2[nH]cc(CCCC(=O)O)c2c1. The smallest absolute Gasteiger partial charge is 0.303 e. The second-order valence-electron chi connectivity index (χ2n) is 4.29. The third kappa shape index (κ3) is 2.67. The van der Waals surface area contributed by atoms with E-state index in [0.29, 0.717) is 6.42 Å². The van der Waals surface area contributed by atoms with Crippen LogP contribution in [0.3, 0.4) is 0 Å². The molecule has 0 saturated heterocycles. The molecule has 0 atom stereocenters. The molecule has 3 heteroatoms. The van der Waals surface area contributed by atoms with Gasteiger partial charge in [-0.3, -0.25) is 4.79 Å². The molecule has 0 fully saturated rings. The highest BCUT2D eigenvalue weighted by Crippen LogP contribution is 2.21. The quantitative estimate of drug-likeness (QED) is 0.830. The lowest BCUT2D eigenvalue weighted by atomic mass is 10.0. The Kier molecular flexibility index (Phi) is 3.47. The molecule has 17 heavy (non-hydrogen) atoms. The summed E-state index contributed by atoms with van der Waals surface area (Å²) in [6.07, 6.45) is 4.76. The molecule has 0 radical (unpaired) electrons. The Bertz CT molecular complexity index is 528. The molecular formula is C14H17NO2. The predicted molar refractivity (Wildman–Crippen MR) is 68.3 cm³/mol. The van der Waals surface area contributed by atoms with Gasteiger partial charge in [0.05, 0.1) is 0 Å². The fourth-order valence-corrected chi connectivity index (χ4v) is 2.08. The van der Waals surface area contributed by atoms with Gasteiger partial charge in [0.25, 0.3) is 0 Å².